The van der Waals surface area contributed by atoms with Crippen molar-refractivity contribution in [1.29, 1.82) is 0 Å². The van der Waals surface area contributed by atoms with E-state index in [0.29, 0.717) is 26.3 Å². The molecule has 0 bridgehead atoms. The molecule has 2 aromatic heterocycles. The highest BCUT2D eigenvalue weighted by Crippen LogP contribution is 2.28. The van der Waals surface area contributed by atoms with E-state index in [4.69, 9.17) is 4.74 Å². The van der Waals surface area contributed by atoms with E-state index in [9.17, 15) is 9.59 Å². The molecule has 1 unspecified atom stereocenters. The van der Waals surface area contributed by atoms with Gasteiger partial charge in [0.15, 0.2) is 0 Å². The molecular formula is C18H22N6O3. The molecule has 9 nitrogen and oxygen atoms in total. The molecule has 2 aromatic rings. The molecule has 4 rings (SSSR count). The average molecular weight is 370 g/mol. The Balaban J connectivity index is 1.48. The standard InChI is InChI=1S/C18H22N6O3/c25-17-10-19-15(9-20-17)18(26)24-3-1-2-13(11-24)14-8-16(22-12-21-14)23-4-6-27-7-5-23/h8-10,12-13H,1-7,11H2,(H,20,25). The number of nitrogens with one attached hydrogen (secondary N) is 1. The van der Waals surface area contributed by atoms with Crippen LogP contribution >= 0.6 is 0 Å². The van der Waals surface area contributed by atoms with Crippen molar-refractivity contribution in [3.63, 3.8) is 0 Å². The fourth-order valence-corrected chi connectivity index (χ4v) is 3.57. The summed E-state index contributed by atoms with van der Waals surface area (Å²) in [5.74, 6) is 0.903. The number of aromatic amines is 1. The molecule has 27 heavy (non-hydrogen) atoms. The minimum atomic E-state index is -0.320. The van der Waals surface area contributed by atoms with E-state index < -0.39 is 0 Å². The summed E-state index contributed by atoms with van der Waals surface area (Å²) >= 11 is 0. The van der Waals surface area contributed by atoms with Gasteiger partial charge in [0.2, 0.25) is 0 Å². The van der Waals surface area contributed by atoms with Crippen LogP contribution in [0.1, 0.15) is 34.9 Å². The number of carbonyl (C=O) groups is 1. The number of morpholine rings is 1. The van der Waals surface area contributed by atoms with Crippen molar-refractivity contribution in [2.75, 3.05) is 44.3 Å². The largest absolute Gasteiger partial charge is 0.378 e. The average Bonchev–Trinajstić information content (AvgIpc) is 2.75. The van der Waals surface area contributed by atoms with Crippen molar-refractivity contribution in [3.05, 3.63) is 46.5 Å². The fourth-order valence-electron chi connectivity index (χ4n) is 3.57. The first-order valence-corrected chi connectivity index (χ1v) is 9.19. The molecule has 0 radical (unpaired) electrons. The number of hydrogen-bond acceptors (Lipinski definition) is 7. The lowest BCUT2D eigenvalue weighted by Gasteiger charge is -2.33. The number of piperidine rings is 1. The van der Waals surface area contributed by atoms with Gasteiger partial charge >= 0.3 is 0 Å². The third kappa shape index (κ3) is 3.97. The minimum Gasteiger partial charge on any atom is -0.378 e. The maximum atomic E-state index is 12.7. The highest BCUT2D eigenvalue weighted by molar-refractivity contribution is 5.92. The van der Waals surface area contributed by atoms with E-state index in [-0.39, 0.29) is 23.1 Å². The molecule has 4 heterocycles. The molecule has 2 fully saturated rings. The van der Waals surface area contributed by atoms with Crippen LogP contribution in [0.4, 0.5) is 5.82 Å². The van der Waals surface area contributed by atoms with Gasteiger partial charge in [-0.2, -0.15) is 0 Å². The van der Waals surface area contributed by atoms with Crippen molar-refractivity contribution < 1.29 is 9.53 Å². The first-order valence-electron chi connectivity index (χ1n) is 9.19. The molecule has 142 valence electrons. The second-order valence-electron chi connectivity index (χ2n) is 6.79. The second-order valence-corrected chi connectivity index (χ2v) is 6.79. The van der Waals surface area contributed by atoms with E-state index in [1.807, 2.05) is 6.07 Å². The minimum absolute atomic E-state index is 0.160. The molecule has 1 atom stereocenters. The van der Waals surface area contributed by atoms with Gasteiger partial charge < -0.3 is 19.5 Å². The maximum Gasteiger partial charge on any atom is 0.273 e. The first-order chi connectivity index (χ1) is 13.2. The zero-order valence-corrected chi connectivity index (χ0v) is 15.0. The Morgan fingerprint density at radius 1 is 1.19 bits per heavy atom. The van der Waals surface area contributed by atoms with Gasteiger partial charge in [0.1, 0.15) is 17.8 Å². The lowest BCUT2D eigenvalue weighted by Crippen LogP contribution is -2.40. The Labute approximate surface area is 156 Å². The van der Waals surface area contributed by atoms with E-state index in [1.165, 1.54) is 6.20 Å². The van der Waals surface area contributed by atoms with E-state index in [1.54, 1.807) is 11.2 Å². The van der Waals surface area contributed by atoms with Gasteiger partial charge in [0, 0.05) is 44.4 Å². The van der Waals surface area contributed by atoms with Crippen molar-refractivity contribution in [2.45, 2.75) is 18.8 Å². The summed E-state index contributed by atoms with van der Waals surface area (Å²) in [6.45, 7) is 4.32. The summed E-state index contributed by atoms with van der Waals surface area (Å²) in [6.07, 6.45) is 5.98. The molecule has 2 aliphatic rings. The predicted molar refractivity (Wildman–Crippen MR) is 97.8 cm³/mol. The molecule has 2 aliphatic heterocycles. The number of aromatic nitrogens is 4. The monoisotopic (exact) mass is 370 g/mol. The molecule has 1 amide bonds. The summed E-state index contributed by atoms with van der Waals surface area (Å²) in [7, 11) is 0. The number of ether oxygens (including phenoxy) is 1. The quantitative estimate of drug-likeness (QED) is 0.835. The lowest BCUT2D eigenvalue weighted by atomic mass is 9.94. The third-order valence-corrected chi connectivity index (χ3v) is 5.03. The number of carbonyl (C=O) groups excluding carboxylic acids is 1. The van der Waals surface area contributed by atoms with Gasteiger partial charge in [0.25, 0.3) is 11.5 Å². The van der Waals surface area contributed by atoms with E-state index in [2.05, 4.69) is 24.8 Å². The summed E-state index contributed by atoms with van der Waals surface area (Å²) < 4.78 is 5.40. The number of anilines is 1. The SMILES string of the molecule is O=C(c1c[nH]c(=O)cn1)N1CCCC(c2cc(N3CCOCC3)ncn2)C1. The number of likely N-dealkylation sites (tertiary alicyclic amines) is 1. The Morgan fingerprint density at radius 2 is 2.04 bits per heavy atom. The molecule has 2 saturated heterocycles. The van der Waals surface area contributed by atoms with Gasteiger partial charge in [-0.05, 0) is 12.8 Å². The van der Waals surface area contributed by atoms with Gasteiger partial charge in [0.05, 0.1) is 25.1 Å². The van der Waals surface area contributed by atoms with Gasteiger partial charge in [-0.1, -0.05) is 0 Å². The van der Waals surface area contributed by atoms with Crippen molar-refractivity contribution in [1.82, 2.24) is 24.8 Å². The number of amides is 1. The normalized spacial score (nSPS) is 20.5. The van der Waals surface area contributed by atoms with Gasteiger partial charge in [-0.3, -0.25) is 9.59 Å². The first kappa shape index (κ1) is 17.6. The molecular weight excluding hydrogens is 348 g/mol. The molecule has 9 heteroatoms. The zero-order chi connectivity index (χ0) is 18.6. The van der Waals surface area contributed by atoms with Crippen LogP contribution < -0.4 is 10.5 Å². The molecule has 0 aromatic carbocycles. The zero-order valence-electron chi connectivity index (χ0n) is 15.0. The molecule has 0 aliphatic carbocycles. The fraction of sp³-hybridized carbons (Fsp3) is 0.500. The smallest absolute Gasteiger partial charge is 0.273 e. The second kappa shape index (κ2) is 7.83. The maximum absolute atomic E-state index is 12.7. The van der Waals surface area contributed by atoms with Crippen LogP contribution in [0.15, 0.2) is 29.6 Å². The molecule has 0 spiro atoms. The summed E-state index contributed by atoms with van der Waals surface area (Å²) in [5, 5.41) is 0. The topological polar surface area (TPSA) is 104 Å². The number of rotatable bonds is 3. The highest BCUT2D eigenvalue weighted by Gasteiger charge is 2.27. The predicted octanol–water partition coefficient (Wildman–Crippen LogP) is 0.416. The molecule has 0 saturated carbocycles. The Hall–Kier alpha value is -2.81. The highest BCUT2D eigenvalue weighted by atomic mass is 16.5. The van der Waals surface area contributed by atoms with Crippen LogP contribution in [0.5, 0.6) is 0 Å². The third-order valence-electron chi connectivity index (χ3n) is 5.03. The van der Waals surface area contributed by atoms with Gasteiger partial charge in [-0.15, -0.1) is 0 Å². The van der Waals surface area contributed by atoms with Crippen LogP contribution in [0.3, 0.4) is 0 Å². The van der Waals surface area contributed by atoms with Crippen molar-refractivity contribution in [2.24, 2.45) is 0 Å². The van der Waals surface area contributed by atoms with Crippen LogP contribution in [0.2, 0.25) is 0 Å². The van der Waals surface area contributed by atoms with E-state index >= 15 is 0 Å². The summed E-state index contributed by atoms with van der Waals surface area (Å²) in [4.78, 5) is 43.1. The number of nitrogens with zero attached hydrogens (tertiary/aromatic N) is 5. The van der Waals surface area contributed by atoms with Crippen molar-refractivity contribution >= 4 is 11.7 Å². The van der Waals surface area contributed by atoms with Crippen LogP contribution in [0, 0.1) is 0 Å². The summed E-state index contributed by atoms with van der Waals surface area (Å²) in [5.41, 5.74) is 0.894. The van der Waals surface area contributed by atoms with Gasteiger partial charge in [-0.25, -0.2) is 15.0 Å². The van der Waals surface area contributed by atoms with Crippen molar-refractivity contribution in [3.8, 4) is 0 Å². The van der Waals surface area contributed by atoms with E-state index in [0.717, 1.165) is 43.6 Å². The Kier molecular flexibility index (Phi) is 5.10. The summed E-state index contributed by atoms with van der Waals surface area (Å²) in [6, 6.07) is 2.03. The molecule has 1 N–H and O–H groups in total. The van der Waals surface area contributed by atoms with Crippen LogP contribution in [-0.4, -0.2) is 70.1 Å². The van der Waals surface area contributed by atoms with Crippen LogP contribution in [-0.2, 0) is 4.74 Å². The number of hydrogen-bond donors (Lipinski definition) is 1. The number of H-pyrrole nitrogens is 1. The van der Waals surface area contributed by atoms with Crippen LogP contribution in [0.25, 0.3) is 0 Å². The Bertz CT molecular complexity index is 844. The Morgan fingerprint density at radius 3 is 2.81 bits per heavy atom. The lowest BCUT2D eigenvalue weighted by molar-refractivity contribution is 0.0699.